The zero-order chi connectivity index (χ0) is 20.0. The van der Waals surface area contributed by atoms with Crippen LogP contribution in [0.25, 0.3) is 11.0 Å². The van der Waals surface area contributed by atoms with Gasteiger partial charge < -0.3 is 14.0 Å². The summed E-state index contributed by atoms with van der Waals surface area (Å²) in [6.07, 6.45) is 10.6. The van der Waals surface area contributed by atoms with E-state index in [0.717, 1.165) is 36.5 Å². The van der Waals surface area contributed by atoms with E-state index < -0.39 is 0 Å². The molecule has 1 aromatic carbocycles. The number of rotatable bonds is 4. The van der Waals surface area contributed by atoms with Gasteiger partial charge in [0.15, 0.2) is 0 Å². The molecule has 4 heteroatoms. The third-order valence-corrected chi connectivity index (χ3v) is 8.04. The summed E-state index contributed by atoms with van der Waals surface area (Å²) in [6.45, 7) is 9.36. The Kier molecular flexibility index (Phi) is 5.09. The molecule has 158 valence electrons. The van der Waals surface area contributed by atoms with Gasteiger partial charge in [-0.25, -0.2) is 0 Å². The lowest BCUT2D eigenvalue weighted by Crippen LogP contribution is -2.50. The van der Waals surface area contributed by atoms with Crippen LogP contribution in [-0.2, 0) is 12.1 Å². The first-order valence-corrected chi connectivity index (χ1v) is 12.0. The Labute approximate surface area is 175 Å². The molecule has 0 spiro atoms. The lowest BCUT2D eigenvalue weighted by atomic mass is 9.61. The fourth-order valence-electron chi connectivity index (χ4n) is 7.29. The number of piperidine rings is 1. The summed E-state index contributed by atoms with van der Waals surface area (Å²) >= 11 is 0. The van der Waals surface area contributed by atoms with Gasteiger partial charge in [0, 0.05) is 18.6 Å². The second-order valence-electron chi connectivity index (χ2n) is 10.6. The third-order valence-electron chi connectivity index (χ3n) is 8.04. The van der Waals surface area contributed by atoms with Crippen molar-refractivity contribution in [3.05, 3.63) is 29.9 Å². The molecule has 1 aromatic heterocycles. The molecule has 2 bridgehead atoms. The quantitative estimate of drug-likeness (QED) is 0.781. The maximum atomic E-state index is 9.29. The summed E-state index contributed by atoms with van der Waals surface area (Å²) in [6, 6.07) is 8.83. The molecule has 29 heavy (non-hydrogen) atoms. The minimum absolute atomic E-state index is 0.146. The lowest BCUT2D eigenvalue weighted by Gasteiger charge is -2.51. The summed E-state index contributed by atoms with van der Waals surface area (Å²) in [4.78, 5) is 2.60. The highest BCUT2D eigenvalue weighted by Gasteiger charge is 2.46. The molecule has 5 rings (SSSR count). The van der Waals surface area contributed by atoms with Crippen LogP contribution < -0.4 is 5.62 Å². The summed E-state index contributed by atoms with van der Waals surface area (Å²) < 4.78 is 4.79. The summed E-state index contributed by atoms with van der Waals surface area (Å²) in [5, 5.41) is 9.29. The SMILES string of the molecule is CC1CC2CC(C)CC(n3c(=N)n(CCN4CCCCC4)c4ccccc43)(C1)C2. The van der Waals surface area contributed by atoms with E-state index in [1.165, 1.54) is 75.5 Å². The number of fused-ring (bicyclic) bond motifs is 3. The van der Waals surface area contributed by atoms with Crippen molar-refractivity contribution in [3.8, 4) is 0 Å². The van der Waals surface area contributed by atoms with Crippen molar-refractivity contribution < 1.29 is 0 Å². The van der Waals surface area contributed by atoms with Gasteiger partial charge in [0.05, 0.1) is 11.0 Å². The standard InChI is InChI=1S/C25H38N4/c1-19-14-21-15-20(2)17-25(16-19,18-21)29-23-9-5-4-8-22(23)28(24(29)26)13-12-27-10-6-3-7-11-27/h4-5,8-9,19-21,26H,3,6-7,10-18H2,1-2H3. The van der Waals surface area contributed by atoms with Crippen LogP contribution in [0.2, 0.25) is 0 Å². The van der Waals surface area contributed by atoms with Crippen LogP contribution in [0.5, 0.6) is 0 Å². The van der Waals surface area contributed by atoms with Crippen molar-refractivity contribution >= 4 is 11.0 Å². The molecule has 1 saturated heterocycles. The van der Waals surface area contributed by atoms with Crippen LogP contribution >= 0.6 is 0 Å². The molecule has 2 atom stereocenters. The number of hydrogen-bond donors (Lipinski definition) is 1. The van der Waals surface area contributed by atoms with Crippen LogP contribution in [0, 0.1) is 23.2 Å². The van der Waals surface area contributed by atoms with E-state index in [4.69, 9.17) is 0 Å². The Morgan fingerprint density at radius 2 is 1.55 bits per heavy atom. The maximum absolute atomic E-state index is 9.29. The highest BCUT2D eigenvalue weighted by atomic mass is 15.2. The molecule has 0 amide bonds. The number of para-hydroxylation sites is 2. The molecule has 2 heterocycles. The maximum Gasteiger partial charge on any atom is 0.203 e. The third kappa shape index (κ3) is 3.48. The second kappa shape index (κ2) is 7.61. The summed E-state index contributed by atoms with van der Waals surface area (Å²) in [5.74, 6) is 2.37. The first-order valence-electron chi connectivity index (χ1n) is 12.0. The average molecular weight is 395 g/mol. The number of likely N-dealkylation sites (tertiary alicyclic amines) is 1. The molecule has 4 nitrogen and oxygen atoms in total. The number of aromatic nitrogens is 2. The fourth-order valence-corrected chi connectivity index (χ4v) is 7.29. The number of nitrogens with one attached hydrogen (secondary N) is 1. The van der Waals surface area contributed by atoms with Crippen LogP contribution in [0.4, 0.5) is 0 Å². The highest BCUT2D eigenvalue weighted by Crippen LogP contribution is 2.51. The Morgan fingerprint density at radius 1 is 0.897 bits per heavy atom. The molecule has 2 aromatic rings. The van der Waals surface area contributed by atoms with Crippen molar-refractivity contribution in [2.24, 2.45) is 17.8 Å². The smallest absolute Gasteiger partial charge is 0.203 e. The molecule has 2 aliphatic carbocycles. The van der Waals surface area contributed by atoms with E-state index in [2.05, 4.69) is 52.1 Å². The van der Waals surface area contributed by atoms with Gasteiger partial charge in [0.1, 0.15) is 0 Å². The van der Waals surface area contributed by atoms with E-state index in [0.29, 0.717) is 0 Å². The van der Waals surface area contributed by atoms with E-state index in [-0.39, 0.29) is 5.54 Å². The Balaban J connectivity index is 1.55. The zero-order valence-electron chi connectivity index (χ0n) is 18.4. The van der Waals surface area contributed by atoms with Crippen LogP contribution in [0.3, 0.4) is 0 Å². The first kappa shape index (κ1) is 19.4. The highest BCUT2D eigenvalue weighted by molar-refractivity contribution is 5.76. The van der Waals surface area contributed by atoms with Crippen LogP contribution in [-0.4, -0.2) is 33.7 Å². The van der Waals surface area contributed by atoms with Gasteiger partial charge >= 0.3 is 0 Å². The van der Waals surface area contributed by atoms with E-state index >= 15 is 0 Å². The molecular formula is C25H38N4. The minimum Gasteiger partial charge on any atom is -0.309 e. The van der Waals surface area contributed by atoms with E-state index in [9.17, 15) is 5.41 Å². The van der Waals surface area contributed by atoms with Crippen molar-refractivity contribution in [2.75, 3.05) is 19.6 Å². The van der Waals surface area contributed by atoms with Crippen molar-refractivity contribution in [2.45, 2.75) is 77.3 Å². The summed E-state index contributed by atoms with van der Waals surface area (Å²) in [5.41, 5.74) is 3.44. The Hall–Kier alpha value is -1.55. The Morgan fingerprint density at radius 3 is 2.24 bits per heavy atom. The summed E-state index contributed by atoms with van der Waals surface area (Å²) in [7, 11) is 0. The van der Waals surface area contributed by atoms with Gasteiger partial charge in [0.2, 0.25) is 5.62 Å². The van der Waals surface area contributed by atoms with E-state index in [1.54, 1.807) is 0 Å². The van der Waals surface area contributed by atoms with Gasteiger partial charge in [-0.2, -0.15) is 0 Å². The topological polar surface area (TPSA) is 37.0 Å². The lowest BCUT2D eigenvalue weighted by molar-refractivity contribution is 0.0267. The number of imidazole rings is 1. The monoisotopic (exact) mass is 394 g/mol. The van der Waals surface area contributed by atoms with Gasteiger partial charge in [0.25, 0.3) is 0 Å². The van der Waals surface area contributed by atoms with Crippen LogP contribution in [0.1, 0.15) is 65.2 Å². The molecule has 1 N–H and O–H groups in total. The van der Waals surface area contributed by atoms with Crippen molar-refractivity contribution in [3.63, 3.8) is 0 Å². The molecule has 2 saturated carbocycles. The largest absolute Gasteiger partial charge is 0.309 e. The van der Waals surface area contributed by atoms with Crippen LogP contribution in [0.15, 0.2) is 24.3 Å². The Bertz CT molecular complexity index is 897. The van der Waals surface area contributed by atoms with E-state index in [1.807, 2.05) is 0 Å². The number of benzene rings is 1. The van der Waals surface area contributed by atoms with Gasteiger partial charge in [-0.1, -0.05) is 32.4 Å². The zero-order valence-corrected chi connectivity index (χ0v) is 18.4. The molecule has 1 aliphatic heterocycles. The van der Waals surface area contributed by atoms with Crippen molar-refractivity contribution in [1.29, 1.82) is 5.41 Å². The average Bonchev–Trinajstić information content (AvgIpc) is 2.98. The fraction of sp³-hybridized carbons (Fsp3) is 0.720. The van der Waals surface area contributed by atoms with Gasteiger partial charge in [-0.15, -0.1) is 0 Å². The minimum atomic E-state index is 0.146. The molecule has 3 fully saturated rings. The number of nitrogens with zero attached hydrogens (tertiary/aromatic N) is 3. The molecular weight excluding hydrogens is 356 g/mol. The second-order valence-corrected chi connectivity index (χ2v) is 10.6. The molecule has 3 aliphatic rings. The first-order chi connectivity index (χ1) is 14.1. The van der Waals surface area contributed by atoms with Gasteiger partial charge in [-0.05, 0) is 87.9 Å². The van der Waals surface area contributed by atoms with Gasteiger partial charge in [-0.3, -0.25) is 5.41 Å². The molecule has 2 unspecified atom stereocenters. The normalized spacial score (nSPS) is 33.2. The predicted molar refractivity (Wildman–Crippen MR) is 119 cm³/mol. The predicted octanol–water partition coefficient (Wildman–Crippen LogP) is 4.97. The number of hydrogen-bond acceptors (Lipinski definition) is 2. The van der Waals surface area contributed by atoms with Crippen molar-refractivity contribution in [1.82, 2.24) is 14.0 Å². The molecule has 0 radical (unpaired) electrons.